The molecule has 2 aliphatic carbocycles. The Bertz CT molecular complexity index is 630. The van der Waals surface area contributed by atoms with Gasteiger partial charge in [-0.3, -0.25) is 0 Å². The Morgan fingerprint density at radius 1 is 0.500 bits per heavy atom. The van der Waals surface area contributed by atoms with Crippen molar-refractivity contribution < 1.29 is 0 Å². The van der Waals surface area contributed by atoms with E-state index in [1.807, 2.05) is 0 Å². The second-order valence-corrected chi connectivity index (χ2v) is 8.71. The predicted octanol–water partition coefficient (Wildman–Crippen LogP) is 7.73. The maximum Gasteiger partial charge on any atom is 0.190 e. The number of allylic oxidation sites excluding steroid dienone is 8. The molecule has 0 unspecified atom stereocenters. The average molecular weight is 475 g/mol. The highest BCUT2D eigenvalue weighted by Crippen LogP contribution is 2.62. The van der Waals surface area contributed by atoms with Crippen LogP contribution >= 0.6 is 116 Å². The highest BCUT2D eigenvalue weighted by Gasteiger charge is 2.52. The van der Waals surface area contributed by atoms with Gasteiger partial charge in [-0.25, -0.2) is 0 Å². The smallest absolute Gasteiger partial charge is 0.0898 e. The van der Waals surface area contributed by atoms with Crippen molar-refractivity contribution in [1.82, 2.24) is 0 Å². The van der Waals surface area contributed by atoms with Crippen molar-refractivity contribution in [2.75, 3.05) is 0 Å². The third-order valence-corrected chi connectivity index (χ3v) is 7.56. The zero-order chi connectivity index (χ0) is 15.6. The summed E-state index contributed by atoms with van der Waals surface area (Å²) in [5.41, 5.74) is 0.181. The molecule has 2 rings (SSSR count). The van der Waals surface area contributed by atoms with Crippen LogP contribution in [-0.4, -0.2) is 8.67 Å². The number of rotatable bonds is 1. The van der Waals surface area contributed by atoms with Gasteiger partial charge in [0.25, 0.3) is 0 Å². The Hall–Kier alpha value is 1.86. The van der Waals surface area contributed by atoms with Gasteiger partial charge in [-0.05, 0) is 0 Å². The van der Waals surface area contributed by atoms with E-state index in [1.54, 1.807) is 0 Å². The van der Waals surface area contributed by atoms with Crippen molar-refractivity contribution in [3.8, 4) is 0 Å². The van der Waals surface area contributed by atoms with Gasteiger partial charge in [0.15, 0.2) is 8.67 Å². The second kappa shape index (κ2) is 5.74. The monoisotopic (exact) mass is 470 g/mol. The Labute approximate surface area is 164 Å². The van der Waals surface area contributed by atoms with Crippen molar-refractivity contribution in [3.63, 3.8) is 0 Å². The first-order valence-electron chi connectivity index (χ1n) is 4.64. The minimum Gasteiger partial charge on any atom is -0.0898 e. The van der Waals surface area contributed by atoms with Crippen molar-refractivity contribution in [1.29, 1.82) is 0 Å². The summed E-state index contributed by atoms with van der Waals surface area (Å²) >= 11 is 60.6. The van der Waals surface area contributed by atoms with Gasteiger partial charge in [-0.1, -0.05) is 116 Å². The van der Waals surface area contributed by atoms with Gasteiger partial charge in [0.1, 0.15) is 0 Å². The predicted molar refractivity (Wildman–Crippen MR) is 92.1 cm³/mol. The van der Waals surface area contributed by atoms with Crippen LogP contribution in [0.4, 0.5) is 0 Å². The first kappa shape index (κ1) is 18.2. The van der Waals surface area contributed by atoms with Gasteiger partial charge in [-0.2, -0.15) is 0 Å². The van der Waals surface area contributed by atoms with Crippen molar-refractivity contribution in [3.05, 3.63) is 41.3 Å². The van der Waals surface area contributed by atoms with Gasteiger partial charge in [0.05, 0.1) is 30.2 Å². The molecule has 0 saturated heterocycles. The Morgan fingerprint density at radius 2 is 0.950 bits per heavy atom. The van der Waals surface area contributed by atoms with E-state index in [4.69, 9.17) is 116 Å². The Kier molecular flexibility index (Phi) is 5.22. The van der Waals surface area contributed by atoms with Crippen LogP contribution in [0.1, 0.15) is 0 Å². The molecular formula is C10Cl10. The third-order valence-electron chi connectivity index (χ3n) is 2.63. The number of halogens is 10. The van der Waals surface area contributed by atoms with Crippen molar-refractivity contribution >= 4 is 116 Å². The fraction of sp³-hybridized carbons (Fsp3) is 0.200. The minimum absolute atomic E-state index is 0.0107. The lowest BCUT2D eigenvalue weighted by Crippen LogP contribution is -2.17. The maximum absolute atomic E-state index is 6.17. The molecule has 0 N–H and O–H groups in total. The summed E-state index contributed by atoms with van der Waals surface area (Å²) in [7, 11) is 0. The molecule has 0 saturated carbocycles. The molecule has 2 aliphatic rings. The fourth-order valence-corrected chi connectivity index (χ4v) is 4.61. The summed E-state index contributed by atoms with van der Waals surface area (Å²) in [6, 6.07) is 0. The molecule has 0 fully saturated rings. The molecule has 20 heavy (non-hydrogen) atoms. The van der Waals surface area contributed by atoms with E-state index in [0.29, 0.717) is 0 Å². The summed E-state index contributed by atoms with van der Waals surface area (Å²) < 4.78 is -3.46. The molecule has 0 bridgehead atoms. The van der Waals surface area contributed by atoms with Crippen molar-refractivity contribution in [2.24, 2.45) is 0 Å². The first-order valence-corrected chi connectivity index (χ1v) is 8.42. The van der Waals surface area contributed by atoms with Crippen LogP contribution in [0.3, 0.4) is 0 Å². The molecule has 0 heterocycles. The highest BCUT2D eigenvalue weighted by molar-refractivity contribution is 6.67. The van der Waals surface area contributed by atoms with E-state index in [9.17, 15) is 0 Å². The maximum atomic E-state index is 6.17. The van der Waals surface area contributed by atoms with E-state index in [2.05, 4.69) is 0 Å². The molecule has 0 aromatic heterocycles. The van der Waals surface area contributed by atoms with Crippen LogP contribution in [0.5, 0.6) is 0 Å². The van der Waals surface area contributed by atoms with Crippen LogP contribution in [0.2, 0.25) is 0 Å². The average Bonchev–Trinajstić information content (AvgIpc) is 2.60. The fourth-order valence-electron chi connectivity index (χ4n) is 1.68. The first-order chi connectivity index (χ1) is 8.95. The van der Waals surface area contributed by atoms with Crippen LogP contribution in [-0.2, 0) is 0 Å². The number of hydrogen-bond acceptors (Lipinski definition) is 0. The minimum atomic E-state index is -1.74. The lowest BCUT2D eigenvalue weighted by atomic mass is 10.1. The van der Waals surface area contributed by atoms with Gasteiger partial charge in [-0.15, -0.1) is 0 Å². The topological polar surface area (TPSA) is 0 Å². The van der Waals surface area contributed by atoms with Gasteiger partial charge >= 0.3 is 0 Å². The third kappa shape index (κ3) is 2.44. The van der Waals surface area contributed by atoms with Crippen LogP contribution in [0.15, 0.2) is 41.3 Å². The quantitative estimate of drug-likeness (QED) is 0.341. The molecule has 0 aromatic rings. The SMILES string of the molecule is ClC1=C(Cl)C(Cl)(Cl)C(Cl)=C1C1=C(Cl)C(Cl)=C(Cl)C1(Cl)Cl. The molecule has 110 valence electrons. The standard InChI is InChI=1S/C10Cl10/c11-3-1(6(14)10(19,20)7(3)15)2-4(12)5(13)8(16)9(2,17)18. The Balaban J connectivity index is 2.75. The highest BCUT2D eigenvalue weighted by atomic mass is 35.5. The van der Waals surface area contributed by atoms with E-state index in [0.717, 1.165) is 0 Å². The molecule has 0 aliphatic heterocycles. The van der Waals surface area contributed by atoms with Gasteiger partial charge in [0.2, 0.25) is 0 Å². The molecule has 0 nitrogen and oxygen atoms in total. The number of alkyl halides is 4. The molecular weight excluding hydrogens is 475 g/mol. The summed E-state index contributed by atoms with van der Waals surface area (Å²) in [6.07, 6.45) is 0. The van der Waals surface area contributed by atoms with Gasteiger partial charge < -0.3 is 0 Å². The summed E-state index contributed by atoms with van der Waals surface area (Å²) in [5.74, 6) is 0. The van der Waals surface area contributed by atoms with E-state index < -0.39 is 8.67 Å². The van der Waals surface area contributed by atoms with Gasteiger partial charge in [0, 0.05) is 11.1 Å². The molecule has 0 aromatic carbocycles. The molecule has 0 radical (unpaired) electrons. The summed E-state index contributed by atoms with van der Waals surface area (Å²) in [4.78, 5) is 0. The molecule has 0 spiro atoms. The molecule has 0 amide bonds. The zero-order valence-electron chi connectivity index (χ0n) is 8.78. The van der Waals surface area contributed by atoms with E-state index in [1.165, 1.54) is 0 Å². The van der Waals surface area contributed by atoms with Crippen LogP contribution < -0.4 is 0 Å². The largest absolute Gasteiger partial charge is 0.190 e. The molecule has 0 atom stereocenters. The summed E-state index contributed by atoms with van der Waals surface area (Å²) in [5, 5.41) is -0.331. The molecule has 10 heteroatoms. The summed E-state index contributed by atoms with van der Waals surface area (Å²) in [6.45, 7) is 0. The Morgan fingerprint density at radius 3 is 1.25 bits per heavy atom. The van der Waals surface area contributed by atoms with E-state index >= 15 is 0 Å². The second-order valence-electron chi connectivity index (χ2n) is 3.78. The number of hydrogen-bond donors (Lipinski definition) is 0. The normalized spacial score (nSPS) is 25.5. The lowest BCUT2D eigenvalue weighted by Gasteiger charge is -2.20. The van der Waals surface area contributed by atoms with Crippen LogP contribution in [0, 0.1) is 0 Å². The van der Waals surface area contributed by atoms with Crippen molar-refractivity contribution in [2.45, 2.75) is 8.67 Å². The van der Waals surface area contributed by atoms with E-state index in [-0.39, 0.29) is 41.3 Å². The zero-order valence-corrected chi connectivity index (χ0v) is 16.3. The van der Waals surface area contributed by atoms with Crippen LogP contribution in [0.25, 0.3) is 0 Å². The lowest BCUT2D eigenvalue weighted by molar-refractivity contribution is 1.15.